The van der Waals surface area contributed by atoms with Crippen LogP contribution in [0.1, 0.15) is 29.6 Å². The van der Waals surface area contributed by atoms with Crippen molar-refractivity contribution >= 4 is 33.1 Å². The zero-order valence-electron chi connectivity index (χ0n) is 14.6. The van der Waals surface area contributed by atoms with Crippen molar-refractivity contribution in [3.05, 3.63) is 48.2 Å². The van der Waals surface area contributed by atoms with Gasteiger partial charge in [-0.05, 0) is 49.6 Å². The van der Waals surface area contributed by atoms with Crippen LogP contribution in [0.4, 0.5) is 17.2 Å². The van der Waals surface area contributed by atoms with Crippen LogP contribution in [0, 0.1) is 0 Å². The molecule has 2 N–H and O–H groups in total. The fourth-order valence-corrected chi connectivity index (χ4v) is 3.47. The van der Waals surface area contributed by atoms with Crippen LogP contribution in [0.5, 0.6) is 0 Å². The minimum atomic E-state index is -3.39. The van der Waals surface area contributed by atoms with Gasteiger partial charge in [0.2, 0.25) is 10.0 Å². The molecule has 7 nitrogen and oxygen atoms in total. The Balaban J connectivity index is 1.67. The number of pyridine rings is 1. The Hall–Kier alpha value is -2.61. The second-order valence-corrected chi connectivity index (χ2v) is 8.11. The first-order chi connectivity index (χ1) is 12.4. The molecule has 0 aliphatic carbocycles. The number of benzene rings is 1. The topological polar surface area (TPSA) is 91.4 Å². The van der Waals surface area contributed by atoms with Gasteiger partial charge in [-0.25, -0.2) is 13.4 Å². The van der Waals surface area contributed by atoms with Gasteiger partial charge < -0.3 is 10.2 Å². The second-order valence-electron chi connectivity index (χ2n) is 6.36. The summed E-state index contributed by atoms with van der Waals surface area (Å²) in [4.78, 5) is 19.1. The van der Waals surface area contributed by atoms with Crippen LogP contribution in [-0.4, -0.2) is 38.7 Å². The van der Waals surface area contributed by atoms with Gasteiger partial charge >= 0.3 is 0 Å². The number of rotatable bonds is 5. The van der Waals surface area contributed by atoms with Crippen molar-refractivity contribution < 1.29 is 13.2 Å². The predicted octanol–water partition coefficient (Wildman–Crippen LogP) is 2.70. The second kappa shape index (κ2) is 7.74. The summed E-state index contributed by atoms with van der Waals surface area (Å²) in [5.41, 5.74) is 1.30. The van der Waals surface area contributed by atoms with Gasteiger partial charge in [0.1, 0.15) is 5.82 Å². The summed E-state index contributed by atoms with van der Waals surface area (Å²) in [6.45, 7) is 2.03. The Bertz CT molecular complexity index is 876. The number of carbonyl (C=O) groups excluding carboxylic acids is 1. The quantitative estimate of drug-likeness (QED) is 0.840. The van der Waals surface area contributed by atoms with E-state index in [1.165, 1.54) is 25.3 Å². The third kappa shape index (κ3) is 4.95. The standard InChI is InChI=1S/C18H22N4O3S/c1-26(24,25)21-15-7-5-6-14(12-15)18(23)20-16-8-9-17(19-13-16)22-10-3-2-4-11-22/h5-9,12-13,21H,2-4,10-11H2,1H3,(H,20,23). The Labute approximate surface area is 153 Å². The highest BCUT2D eigenvalue weighted by Crippen LogP contribution is 2.20. The maximum atomic E-state index is 12.4. The lowest BCUT2D eigenvalue weighted by Gasteiger charge is -2.27. The Morgan fingerprint density at radius 3 is 2.50 bits per heavy atom. The molecule has 0 saturated carbocycles. The average molecular weight is 374 g/mol. The molecular weight excluding hydrogens is 352 g/mol. The molecule has 0 radical (unpaired) electrons. The van der Waals surface area contributed by atoms with Gasteiger partial charge in [0.25, 0.3) is 5.91 Å². The van der Waals surface area contributed by atoms with Crippen LogP contribution in [0.25, 0.3) is 0 Å². The maximum absolute atomic E-state index is 12.4. The maximum Gasteiger partial charge on any atom is 0.255 e. The number of piperidine rings is 1. The van der Waals surface area contributed by atoms with Gasteiger partial charge in [0.05, 0.1) is 18.1 Å². The molecule has 1 aromatic heterocycles. The molecule has 3 rings (SSSR count). The van der Waals surface area contributed by atoms with Gasteiger partial charge in [-0.2, -0.15) is 0 Å². The summed E-state index contributed by atoms with van der Waals surface area (Å²) >= 11 is 0. The SMILES string of the molecule is CS(=O)(=O)Nc1cccc(C(=O)Nc2ccc(N3CCCCC3)nc2)c1. The van der Waals surface area contributed by atoms with Crippen LogP contribution >= 0.6 is 0 Å². The minimum Gasteiger partial charge on any atom is -0.357 e. The molecule has 1 saturated heterocycles. The fourth-order valence-electron chi connectivity index (χ4n) is 2.91. The zero-order valence-corrected chi connectivity index (χ0v) is 15.4. The molecule has 26 heavy (non-hydrogen) atoms. The zero-order chi connectivity index (χ0) is 18.6. The van der Waals surface area contributed by atoms with Crippen LogP contribution in [-0.2, 0) is 10.0 Å². The summed E-state index contributed by atoms with van der Waals surface area (Å²) in [5, 5.41) is 2.78. The normalized spacial score (nSPS) is 14.7. The molecule has 1 aliphatic rings. The van der Waals surface area contributed by atoms with E-state index in [4.69, 9.17) is 0 Å². The van der Waals surface area contributed by atoms with E-state index in [0.717, 1.165) is 25.2 Å². The number of anilines is 3. The molecule has 1 fully saturated rings. The van der Waals surface area contributed by atoms with Crippen LogP contribution in [0.2, 0.25) is 0 Å². The molecule has 2 heterocycles. The summed E-state index contributed by atoms with van der Waals surface area (Å²) < 4.78 is 25.0. The van der Waals surface area contributed by atoms with Crippen molar-refractivity contribution in [2.75, 3.05) is 34.3 Å². The molecule has 1 aromatic carbocycles. The van der Waals surface area contributed by atoms with Gasteiger partial charge in [-0.15, -0.1) is 0 Å². The minimum absolute atomic E-state index is 0.324. The highest BCUT2D eigenvalue weighted by atomic mass is 32.2. The van der Waals surface area contributed by atoms with Crippen molar-refractivity contribution in [2.24, 2.45) is 0 Å². The monoisotopic (exact) mass is 374 g/mol. The number of hydrogen-bond acceptors (Lipinski definition) is 5. The van der Waals surface area contributed by atoms with E-state index >= 15 is 0 Å². The first-order valence-electron chi connectivity index (χ1n) is 8.51. The van der Waals surface area contributed by atoms with E-state index in [-0.39, 0.29) is 5.91 Å². The van der Waals surface area contributed by atoms with Crippen molar-refractivity contribution in [1.29, 1.82) is 0 Å². The highest BCUT2D eigenvalue weighted by Gasteiger charge is 2.13. The average Bonchev–Trinajstić information content (AvgIpc) is 2.62. The van der Waals surface area contributed by atoms with E-state index in [0.29, 0.717) is 16.9 Å². The van der Waals surface area contributed by atoms with Gasteiger partial charge in [-0.1, -0.05) is 6.07 Å². The molecule has 0 atom stereocenters. The van der Waals surface area contributed by atoms with E-state index in [1.54, 1.807) is 24.4 Å². The number of nitrogens with one attached hydrogen (secondary N) is 2. The summed E-state index contributed by atoms with van der Waals surface area (Å²) in [6.07, 6.45) is 6.32. The molecule has 0 spiro atoms. The summed E-state index contributed by atoms with van der Waals surface area (Å²) in [5.74, 6) is 0.594. The smallest absolute Gasteiger partial charge is 0.255 e. The molecular formula is C18H22N4O3S. The van der Waals surface area contributed by atoms with E-state index < -0.39 is 10.0 Å². The molecule has 0 unspecified atom stereocenters. The lowest BCUT2D eigenvalue weighted by atomic mass is 10.1. The van der Waals surface area contributed by atoms with Crippen LogP contribution < -0.4 is 14.9 Å². The Morgan fingerprint density at radius 1 is 1.08 bits per heavy atom. The molecule has 138 valence electrons. The fraction of sp³-hybridized carbons (Fsp3) is 0.333. The predicted molar refractivity (Wildman–Crippen MR) is 103 cm³/mol. The first-order valence-corrected chi connectivity index (χ1v) is 10.4. The first kappa shape index (κ1) is 18.2. The Morgan fingerprint density at radius 2 is 1.85 bits per heavy atom. The van der Waals surface area contributed by atoms with E-state index in [1.807, 2.05) is 12.1 Å². The molecule has 1 amide bonds. The van der Waals surface area contributed by atoms with Gasteiger partial charge in [0, 0.05) is 24.3 Å². The highest BCUT2D eigenvalue weighted by molar-refractivity contribution is 7.92. The van der Waals surface area contributed by atoms with Crippen molar-refractivity contribution in [1.82, 2.24) is 4.98 Å². The molecule has 8 heteroatoms. The summed E-state index contributed by atoms with van der Waals surface area (Å²) in [6, 6.07) is 10.1. The summed E-state index contributed by atoms with van der Waals surface area (Å²) in [7, 11) is -3.39. The molecule has 2 aromatic rings. The van der Waals surface area contributed by atoms with Crippen molar-refractivity contribution in [2.45, 2.75) is 19.3 Å². The van der Waals surface area contributed by atoms with Crippen LogP contribution in [0.15, 0.2) is 42.6 Å². The van der Waals surface area contributed by atoms with Gasteiger partial charge in [-0.3, -0.25) is 9.52 Å². The number of sulfonamides is 1. The van der Waals surface area contributed by atoms with Crippen molar-refractivity contribution in [3.8, 4) is 0 Å². The van der Waals surface area contributed by atoms with Crippen LogP contribution in [0.3, 0.4) is 0 Å². The largest absolute Gasteiger partial charge is 0.357 e. The number of amides is 1. The molecule has 0 bridgehead atoms. The number of nitrogens with zero attached hydrogens (tertiary/aromatic N) is 2. The van der Waals surface area contributed by atoms with Gasteiger partial charge in [0.15, 0.2) is 0 Å². The lowest BCUT2D eigenvalue weighted by molar-refractivity contribution is 0.102. The Kier molecular flexibility index (Phi) is 5.41. The third-order valence-corrected chi connectivity index (χ3v) is 4.72. The molecule has 1 aliphatic heterocycles. The number of aromatic nitrogens is 1. The van der Waals surface area contributed by atoms with E-state index in [2.05, 4.69) is 19.9 Å². The lowest BCUT2D eigenvalue weighted by Crippen LogP contribution is -2.30. The van der Waals surface area contributed by atoms with Crippen molar-refractivity contribution in [3.63, 3.8) is 0 Å². The third-order valence-electron chi connectivity index (χ3n) is 4.11. The number of carbonyl (C=O) groups is 1. The van der Waals surface area contributed by atoms with E-state index in [9.17, 15) is 13.2 Å². The number of hydrogen-bond donors (Lipinski definition) is 2.